The minimum Gasteiger partial charge on any atom is -0.493 e. The Morgan fingerprint density at radius 2 is 2.13 bits per heavy atom. The molecule has 1 rings (SSSR count). The fourth-order valence-corrected chi connectivity index (χ4v) is 1.78. The molecule has 4 heteroatoms. The van der Waals surface area contributed by atoms with Gasteiger partial charge in [-0.15, -0.1) is 11.7 Å². The van der Waals surface area contributed by atoms with Crippen LogP contribution in [0.25, 0.3) is 0 Å². The van der Waals surface area contributed by atoms with Crippen molar-refractivity contribution in [2.24, 2.45) is 0 Å². The van der Waals surface area contributed by atoms with E-state index in [1.165, 1.54) is 10.8 Å². The van der Waals surface area contributed by atoms with Crippen molar-refractivity contribution in [2.45, 2.75) is 24.7 Å². The molecule has 0 spiro atoms. The number of unbranched alkanes of at least 4 members (excludes halogenated alkanes) is 1. The van der Waals surface area contributed by atoms with Crippen LogP contribution in [0.3, 0.4) is 0 Å². The molecular formula is C11H16O2S2. The number of methoxy groups -OCH3 is 1. The molecule has 0 heterocycles. The van der Waals surface area contributed by atoms with E-state index in [1.807, 2.05) is 18.2 Å². The van der Waals surface area contributed by atoms with Crippen molar-refractivity contribution < 1.29 is 9.47 Å². The van der Waals surface area contributed by atoms with Crippen LogP contribution in [0.2, 0.25) is 0 Å². The molecule has 2 nitrogen and oxygen atoms in total. The van der Waals surface area contributed by atoms with E-state index in [-0.39, 0.29) is 0 Å². The number of thiol groups is 1. The third kappa shape index (κ3) is 3.87. The van der Waals surface area contributed by atoms with Crippen LogP contribution in [0.5, 0.6) is 11.5 Å². The molecule has 0 atom stereocenters. The van der Waals surface area contributed by atoms with E-state index in [0.29, 0.717) is 0 Å². The molecule has 0 fully saturated rings. The van der Waals surface area contributed by atoms with Gasteiger partial charge in [0, 0.05) is 4.90 Å². The molecule has 0 bridgehead atoms. The van der Waals surface area contributed by atoms with E-state index >= 15 is 0 Å². The molecule has 84 valence electrons. The van der Waals surface area contributed by atoms with Gasteiger partial charge in [-0.2, -0.15) is 0 Å². The van der Waals surface area contributed by atoms with Crippen LogP contribution in [0, 0.1) is 0 Å². The maximum absolute atomic E-state index is 5.61. The lowest BCUT2D eigenvalue weighted by Crippen LogP contribution is -1.98. The Balaban J connectivity index is 2.69. The molecule has 1 aromatic rings. The minimum atomic E-state index is 0.736. The van der Waals surface area contributed by atoms with Gasteiger partial charge in [-0.25, -0.2) is 0 Å². The lowest BCUT2D eigenvalue weighted by atomic mass is 10.3. The zero-order valence-electron chi connectivity index (χ0n) is 9.03. The highest BCUT2D eigenvalue weighted by molar-refractivity contribution is 8.68. The highest BCUT2D eigenvalue weighted by atomic mass is 33.1. The number of rotatable bonds is 6. The van der Waals surface area contributed by atoms with Crippen molar-refractivity contribution in [1.82, 2.24) is 0 Å². The van der Waals surface area contributed by atoms with E-state index in [1.54, 1.807) is 7.11 Å². The molecule has 0 aromatic heterocycles. The summed E-state index contributed by atoms with van der Waals surface area (Å²) in [6.45, 7) is 2.88. The van der Waals surface area contributed by atoms with Gasteiger partial charge in [0.05, 0.1) is 13.7 Å². The van der Waals surface area contributed by atoms with Gasteiger partial charge in [0.1, 0.15) is 0 Å². The number of hydrogen-bond donors (Lipinski definition) is 1. The van der Waals surface area contributed by atoms with Gasteiger partial charge in [0.15, 0.2) is 11.5 Å². The smallest absolute Gasteiger partial charge is 0.161 e. The fraction of sp³-hybridized carbons (Fsp3) is 0.455. The average molecular weight is 244 g/mol. The molecule has 0 unspecified atom stereocenters. The Morgan fingerprint density at radius 1 is 1.33 bits per heavy atom. The van der Waals surface area contributed by atoms with Crippen molar-refractivity contribution in [3.8, 4) is 11.5 Å². The van der Waals surface area contributed by atoms with Crippen molar-refractivity contribution in [2.75, 3.05) is 13.7 Å². The molecule has 0 amide bonds. The first-order valence-electron chi connectivity index (χ1n) is 4.94. The fourth-order valence-electron chi connectivity index (χ4n) is 1.15. The normalized spacial score (nSPS) is 10.1. The van der Waals surface area contributed by atoms with Crippen molar-refractivity contribution in [3.05, 3.63) is 18.2 Å². The van der Waals surface area contributed by atoms with E-state index in [2.05, 4.69) is 18.6 Å². The van der Waals surface area contributed by atoms with Crippen molar-refractivity contribution >= 4 is 22.5 Å². The summed E-state index contributed by atoms with van der Waals surface area (Å²) in [5, 5.41) is 0. The predicted octanol–water partition coefficient (Wildman–Crippen LogP) is 3.81. The Bertz CT molecular complexity index is 303. The molecule has 0 radical (unpaired) electrons. The van der Waals surface area contributed by atoms with Gasteiger partial charge in [-0.3, -0.25) is 0 Å². The second-order valence-corrected chi connectivity index (χ2v) is 4.31. The topological polar surface area (TPSA) is 18.5 Å². The third-order valence-corrected chi connectivity index (χ3v) is 3.09. The number of benzene rings is 1. The Hall–Kier alpha value is -0.480. The number of ether oxygens (including phenoxy) is 2. The molecule has 15 heavy (non-hydrogen) atoms. The molecule has 0 aliphatic carbocycles. The van der Waals surface area contributed by atoms with Crippen molar-refractivity contribution in [1.29, 1.82) is 0 Å². The molecular weight excluding hydrogens is 228 g/mol. The summed E-state index contributed by atoms with van der Waals surface area (Å²) in [4.78, 5) is 1.05. The van der Waals surface area contributed by atoms with Gasteiger partial charge in [-0.1, -0.05) is 24.1 Å². The lowest BCUT2D eigenvalue weighted by molar-refractivity contribution is 0.288. The monoisotopic (exact) mass is 244 g/mol. The van der Waals surface area contributed by atoms with E-state index in [9.17, 15) is 0 Å². The lowest BCUT2D eigenvalue weighted by Gasteiger charge is -2.10. The molecule has 0 saturated carbocycles. The summed E-state index contributed by atoms with van der Waals surface area (Å²) in [5.41, 5.74) is 0. The molecule has 0 aliphatic heterocycles. The molecule has 0 N–H and O–H groups in total. The van der Waals surface area contributed by atoms with E-state index in [0.717, 1.165) is 35.8 Å². The highest BCUT2D eigenvalue weighted by Crippen LogP contribution is 2.33. The van der Waals surface area contributed by atoms with Crippen LogP contribution in [-0.2, 0) is 0 Å². The van der Waals surface area contributed by atoms with Gasteiger partial charge >= 0.3 is 0 Å². The standard InChI is InChI=1S/C11H16O2S2/c1-3-4-7-13-10-6-5-9(15-14)8-11(10)12-2/h5-6,8,14H,3-4,7H2,1-2H3. The third-order valence-electron chi connectivity index (χ3n) is 2.00. The highest BCUT2D eigenvalue weighted by Gasteiger charge is 2.04. The summed E-state index contributed by atoms with van der Waals surface area (Å²) < 4.78 is 10.9. The van der Waals surface area contributed by atoms with Gasteiger partial charge < -0.3 is 9.47 Å². The van der Waals surface area contributed by atoms with Crippen LogP contribution in [0.15, 0.2) is 23.1 Å². The molecule has 0 saturated heterocycles. The van der Waals surface area contributed by atoms with Gasteiger partial charge in [-0.05, 0) is 24.6 Å². The Kier molecular flexibility index (Phi) is 5.79. The van der Waals surface area contributed by atoms with Gasteiger partial charge in [0.25, 0.3) is 0 Å². The largest absolute Gasteiger partial charge is 0.493 e. The quantitative estimate of drug-likeness (QED) is 0.466. The average Bonchev–Trinajstić information content (AvgIpc) is 2.29. The second kappa shape index (κ2) is 6.90. The van der Waals surface area contributed by atoms with Crippen LogP contribution in [0.4, 0.5) is 0 Å². The first kappa shape index (κ1) is 12.6. The molecule has 1 aromatic carbocycles. The molecule has 0 aliphatic rings. The van der Waals surface area contributed by atoms with E-state index < -0.39 is 0 Å². The SMILES string of the molecule is CCCCOc1ccc(SS)cc1OC. The Labute approximate surface area is 100 Å². The summed E-state index contributed by atoms with van der Waals surface area (Å²) in [7, 11) is 3.04. The van der Waals surface area contributed by atoms with Crippen LogP contribution >= 0.6 is 22.5 Å². The van der Waals surface area contributed by atoms with E-state index in [4.69, 9.17) is 9.47 Å². The Morgan fingerprint density at radius 3 is 2.73 bits per heavy atom. The van der Waals surface area contributed by atoms with Crippen LogP contribution in [0.1, 0.15) is 19.8 Å². The minimum absolute atomic E-state index is 0.736. The summed E-state index contributed by atoms with van der Waals surface area (Å²) in [5.74, 6) is 1.57. The maximum Gasteiger partial charge on any atom is 0.161 e. The van der Waals surface area contributed by atoms with Crippen molar-refractivity contribution in [3.63, 3.8) is 0 Å². The van der Waals surface area contributed by atoms with Crippen LogP contribution in [-0.4, -0.2) is 13.7 Å². The summed E-state index contributed by atoms with van der Waals surface area (Å²) in [6.07, 6.45) is 2.19. The van der Waals surface area contributed by atoms with Gasteiger partial charge in [0.2, 0.25) is 0 Å². The second-order valence-electron chi connectivity index (χ2n) is 3.11. The summed E-state index contributed by atoms with van der Waals surface area (Å²) >= 11 is 4.14. The summed E-state index contributed by atoms with van der Waals surface area (Å²) in [6, 6.07) is 5.83. The zero-order chi connectivity index (χ0) is 11.1. The zero-order valence-corrected chi connectivity index (χ0v) is 10.7. The maximum atomic E-state index is 5.61. The van der Waals surface area contributed by atoms with Crippen LogP contribution < -0.4 is 9.47 Å². The first-order chi connectivity index (χ1) is 7.31. The predicted molar refractivity (Wildman–Crippen MR) is 68.2 cm³/mol. The number of hydrogen-bond acceptors (Lipinski definition) is 4. The first-order valence-corrected chi connectivity index (χ1v) is 6.81.